The molecule has 2 aliphatic heterocycles. The first-order valence-corrected chi connectivity index (χ1v) is 21.7. The van der Waals surface area contributed by atoms with Crippen LogP contribution in [0.2, 0.25) is 0 Å². The first-order chi connectivity index (χ1) is 27.2. The predicted octanol–water partition coefficient (Wildman–Crippen LogP) is 4.31. The van der Waals surface area contributed by atoms with Crippen LogP contribution in [0.15, 0.2) is 30.9 Å². The summed E-state index contributed by atoms with van der Waals surface area (Å²) >= 11 is 0. The molecule has 4 bridgehead atoms. The number of amides is 4. The van der Waals surface area contributed by atoms with E-state index in [1.807, 2.05) is 26.0 Å². The molecule has 7 rings (SSSR count). The predicted molar refractivity (Wildman–Crippen MR) is 210 cm³/mol. The zero-order chi connectivity index (χ0) is 40.7. The lowest BCUT2D eigenvalue weighted by molar-refractivity contribution is -0.142. The van der Waals surface area contributed by atoms with E-state index in [1.165, 1.54) is 18.1 Å². The maximum Gasteiger partial charge on any atom is 0.407 e. The Morgan fingerprint density at radius 3 is 2.47 bits per heavy atom. The summed E-state index contributed by atoms with van der Waals surface area (Å²) in [5.74, 6) is -1.24. The van der Waals surface area contributed by atoms with Gasteiger partial charge < -0.3 is 34.5 Å². The minimum Gasteiger partial charge on any atom is -0.496 e. The van der Waals surface area contributed by atoms with Gasteiger partial charge in [-0.3, -0.25) is 19.1 Å². The number of cyclic esters (lactones) is 1. The lowest BCUT2D eigenvalue weighted by Gasteiger charge is -2.35. The summed E-state index contributed by atoms with van der Waals surface area (Å²) in [6.07, 6.45) is 7.61. The van der Waals surface area contributed by atoms with E-state index in [1.54, 1.807) is 13.2 Å². The van der Waals surface area contributed by atoms with Crippen LogP contribution in [-0.4, -0.2) is 98.5 Å². The Bertz CT molecular complexity index is 2030. The van der Waals surface area contributed by atoms with Crippen molar-refractivity contribution in [2.75, 3.05) is 27.4 Å². The molecular weight excluding hydrogens is 755 g/mol. The van der Waals surface area contributed by atoms with E-state index in [0.29, 0.717) is 60.4 Å². The first-order valence-electron chi connectivity index (χ1n) is 20.1. The summed E-state index contributed by atoms with van der Waals surface area (Å²) in [5, 5.41) is 5.81. The van der Waals surface area contributed by atoms with E-state index in [0.717, 1.165) is 37.7 Å². The fourth-order valence-electron chi connectivity index (χ4n) is 8.69. The number of hydrogen-bond acceptors (Lipinski definition) is 11. The van der Waals surface area contributed by atoms with Crippen LogP contribution >= 0.6 is 0 Å². The second-order valence-electron chi connectivity index (χ2n) is 17.1. The molecule has 16 heteroatoms. The average Bonchev–Trinajstić information content (AvgIpc) is 4.12. The number of pyridine rings is 1. The third kappa shape index (κ3) is 8.65. The molecule has 3 saturated carbocycles. The van der Waals surface area contributed by atoms with Crippen LogP contribution in [0.25, 0.3) is 10.9 Å². The van der Waals surface area contributed by atoms with Crippen molar-refractivity contribution < 1.29 is 46.5 Å². The van der Waals surface area contributed by atoms with Crippen LogP contribution in [0, 0.1) is 17.3 Å². The standard InChI is InChI=1S/C41H55N5O10S/c1-6-26-21-41(26,38(49)45-57(51,52)28-14-15-28)44-36(47)31-18-27-22-46(31)37(48)35(24-11-8-7-9-12-24)43-39(50)55-23-40(2,3)16-10-13-25-17-29-30(19-32(25)53-4)42-34(54-5)20-33(29)56-27/h6,17,19-20,24,26-28,31,35H,1,7-16,18,21-23H2,2-5H3,(H,43,50)(H,44,47)(H,45,49)/t26-,27+,31-,35-,41-/m0/s1. The van der Waals surface area contributed by atoms with Crippen molar-refractivity contribution >= 4 is 44.7 Å². The van der Waals surface area contributed by atoms with Crippen molar-refractivity contribution in [2.24, 2.45) is 17.3 Å². The lowest BCUT2D eigenvalue weighted by Crippen LogP contribution is -2.59. The van der Waals surface area contributed by atoms with Crippen molar-refractivity contribution in [3.05, 3.63) is 36.4 Å². The van der Waals surface area contributed by atoms with E-state index in [-0.39, 0.29) is 37.3 Å². The lowest BCUT2D eigenvalue weighted by atomic mass is 9.83. The number of carbonyl (C=O) groups excluding carboxylic acids is 4. The SMILES string of the molecule is C=C[C@H]1C[C@@]1(NC(=O)[C@@H]1C[C@@H]2CN1C(=O)[C@H](C1CCCCC1)NC(=O)OCC(C)(C)CCCc1cc3c(cc(OC)nc3cc1OC)O2)C(=O)NS(=O)(=O)C1CC1. The van der Waals surface area contributed by atoms with Crippen LogP contribution in [0.3, 0.4) is 0 Å². The molecule has 15 nitrogen and oxygen atoms in total. The second kappa shape index (κ2) is 16.0. The topological polar surface area (TPSA) is 192 Å². The molecule has 4 fully saturated rings. The van der Waals surface area contributed by atoms with Crippen molar-refractivity contribution in [2.45, 2.75) is 120 Å². The van der Waals surface area contributed by atoms with Gasteiger partial charge in [0.1, 0.15) is 35.2 Å². The number of aryl methyl sites for hydroxylation is 1. The van der Waals surface area contributed by atoms with Gasteiger partial charge in [0.2, 0.25) is 27.7 Å². The highest BCUT2D eigenvalue weighted by Crippen LogP contribution is 2.46. The second-order valence-corrected chi connectivity index (χ2v) is 19.1. The number of rotatable bonds is 9. The van der Waals surface area contributed by atoms with Crippen LogP contribution in [0.1, 0.15) is 90.0 Å². The first kappa shape index (κ1) is 40.6. The minimum absolute atomic E-state index is 0.0147. The molecule has 0 unspecified atom stereocenters. The Morgan fingerprint density at radius 1 is 1.05 bits per heavy atom. The largest absolute Gasteiger partial charge is 0.496 e. The number of hydrogen-bond donors (Lipinski definition) is 3. The van der Waals surface area contributed by atoms with E-state index in [9.17, 15) is 27.6 Å². The summed E-state index contributed by atoms with van der Waals surface area (Å²) in [6.45, 7) is 7.98. The third-order valence-electron chi connectivity index (χ3n) is 12.3. The highest BCUT2D eigenvalue weighted by atomic mass is 32.2. The summed E-state index contributed by atoms with van der Waals surface area (Å²) in [4.78, 5) is 62.6. The Labute approximate surface area is 334 Å². The number of alkyl carbamates (subject to hydrolysis) is 1. The van der Waals surface area contributed by atoms with E-state index < -0.39 is 68.7 Å². The molecule has 1 aromatic heterocycles. The normalized spacial score (nSPS) is 28.2. The van der Waals surface area contributed by atoms with Gasteiger partial charge in [0.05, 0.1) is 38.1 Å². The van der Waals surface area contributed by atoms with Gasteiger partial charge in [-0.2, -0.15) is 0 Å². The zero-order valence-corrected chi connectivity index (χ0v) is 34.1. The number of methoxy groups -OCH3 is 2. The van der Waals surface area contributed by atoms with Crippen LogP contribution in [-0.2, 0) is 35.6 Å². The van der Waals surface area contributed by atoms with Crippen LogP contribution in [0.5, 0.6) is 17.4 Å². The van der Waals surface area contributed by atoms with Crippen LogP contribution in [0.4, 0.5) is 4.79 Å². The molecule has 3 aliphatic carbocycles. The molecule has 4 amide bonds. The fourth-order valence-corrected chi connectivity index (χ4v) is 10.1. The van der Waals surface area contributed by atoms with Gasteiger partial charge in [0, 0.05) is 29.9 Å². The number of fused-ring (bicyclic) bond motifs is 3. The number of nitrogens with zero attached hydrogens (tertiary/aromatic N) is 2. The number of aromatic nitrogens is 1. The Kier molecular flexibility index (Phi) is 11.4. The van der Waals surface area contributed by atoms with Crippen molar-refractivity contribution in [3.63, 3.8) is 0 Å². The fraction of sp³-hybridized carbons (Fsp3) is 0.634. The van der Waals surface area contributed by atoms with Crippen molar-refractivity contribution in [3.8, 4) is 17.4 Å². The Morgan fingerprint density at radius 2 is 1.81 bits per heavy atom. The average molecular weight is 810 g/mol. The maximum absolute atomic E-state index is 14.9. The summed E-state index contributed by atoms with van der Waals surface area (Å²) < 4.78 is 51.6. The number of sulfonamides is 1. The highest BCUT2D eigenvalue weighted by molar-refractivity contribution is 7.91. The van der Waals surface area contributed by atoms with Gasteiger partial charge in [-0.1, -0.05) is 39.2 Å². The van der Waals surface area contributed by atoms with E-state index in [4.69, 9.17) is 18.9 Å². The smallest absolute Gasteiger partial charge is 0.407 e. The number of ether oxygens (including phenoxy) is 4. The summed E-state index contributed by atoms with van der Waals surface area (Å²) in [7, 11) is -0.799. The van der Waals surface area contributed by atoms with Crippen LogP contribution < -0.4 is 29.6 Å². The summed E-state index contributed by atoms with van der Waals surface area (Å²) in [6, 6.07) is 3.40. The molecule has 1 saturated heterocycles. The van der Waals surface area contributed by atoms with Gasteiger partial charge in [-0.15, -0.1) is 6.58 Å². The molecule has 57 heavy (non-hydrogen) atoms. The Balaban J connectivity index is 1.26. The van der Waals surface area contributed by atoms with Gasteiger partial charge in [0.25, 0.3) is 5.91 Å². The molecule has 2 aromatic rings. The van der Waals surface area contributed by atoms with Crippen molar-refractivity contribution in [1.82, 2.24) is 25.2 Å². The molecule has 5 atom stereocenters. The third-order valence-corrected chi connectivity index (χ3v) is 14.1. The Hall–Kier alpha value is -4.60. The quantitative estimate of drug-likeness (QED) is 0.306. The summed E-state index contributed by atoms with van der Waals surface area (Å²) in [5.41, 5.74) is -0.422. The van der Waals surface area contributed by atoms with Gasteiger partial charge in [-0.05, 0) is 74.3 Å². The molecule has 5 aliphatic rings. The molecule has 310 valence electrons. The number of benzene rings is 1. The molecule has 3 heterocycles. The molecule has 0 radical (unpaired) electrons. The highest BCUT2D eigenvalue weighted by Gasteiger charge is 2.62. The van der Waals surface area contributed by atoms with Gasteiger partial charge in [-0.25, -0.2) is 18.2 Å². The monoisotopic (exact) mass is 809 g/mol. The molecule has 1 aromatic carbocycles. The molecular formula is C41H55N5O10S. The van der Waals surface area contributed by atoms with Gasteiger partial charge in [0.15, 0.2) is 0 Å². The number of nitrogens with one attached hydrogen (secondary N) is 3. The van der Waals surface area contributed by atoms with Crippen molar-refractivity contribution in [1.29, 1.82) is 0 Å². The van der Waals surface area contributed by atoms with Gasteiger partial charge >= 0.3 is 6.09 Å². The maximum atomic E-state index is 14.9. The van der Waals surface area contributed by atoms with E-state index >= 15 is 0 Å². The van der Waals surface area contributed by atoms with E-state index in [2.05, 4.69) is 26.9 Å². The zero-order valence-electron chi connectivity index (χ0n) is 33.3. The minimum atomic E-state index is -3.91. The number of carbonyl (C=O) groups is 4. The molecule has 3 N–H and O–H groups in total. The molecule has 0 spiro atoms.